The van der Waals surface area contributed by atoms with Gasteiger partial charge in [-0.2, -0.15) is 0 Å². The third kappa shape index (κ3) is 2.90. The van der Waals surface area contributed by atoms with Crippen molar-refractivity contribution in [3.8, 4) is 0 Å². The molecule has 1 aromatic rings. The Labute approximate surface area is 134 Å². The molecule has 0 spiro atoms. The first-order valence-corrected chi connectivity index (χ1v) is 8.57. The van der Waals surface area contributed by atoms with Crippen molar-refractivity contribution >= 4 is 28.2 Å². The molecule has 0 aromatic carbocycles. The van der Waals surface area contributed by atoms with Crippen molar-refractivity contribution in [1.29, 1.82) is 0 Å². The third-order valence-corrected chi connectivity index (χ3v) is 5.53. The molecule has 1 saturated heterocycles. The van der Waals surface area contributed by atoms with Crippen molar-refractivity contribution in [1.82, 2.24) is 0 Å². The monoisotopic (exact) mass is 323 g/mol. The topological polar surface area (TPSA) is 64.6 Å². The zero-order valence-electron chi connectivity index (χ0n) is 12.9. The van der Waals surface area contributed by atoms with Gasteiger partial charge in [0.2, 0.25) is 0 Å². The molecule has 2 atom stereocenters. The molecule has 0 saturated carbocycles. The molecule has 1 aliphatic heterocycles. The molecule has 3 rings (SSSR count). The Hall–Kier alpha value is -1.40. The summed E-state index contributed by atoms with van der Waals surface area (Å²) in [4.78, 5) is 25.6. The Bertz CT molecular complexity index is 589. The van der Waals surface area contributed by atoms with Crippen LogP contribution in [0.5, 0.6) is 0 Å². The molecule has 1 amide bonds. The SMILES string of the molecule is COC(=O)c1c(NC(=O)C2CCCO2)sc2c1CCC(C)C2. The van der Waals surface area contributed by atoms with Gasteiger partial charge in [0.25, 0.3) is 5.91 Å². The minimum absolute atomic E-state index is 0.158. The maximum atomic E-state index is 12.3. The molecule has 22 heavy (non-hydrogen) atoms. The van der Waals surface area contributed by atoms with Crippen LogP contribution in [0, 0.1) is 5.92 Å². The number of amides is 1. The summed E-state index contributed by atoms with van der Waals surface area (Å²) in [5, 5.41) is 3.51. The van der Waals surface area contributed by atoms with Gasteiger partial charge in [-0.3, -0.25) is 4.79 Å². The quantitative estimate of drug-likeness (QED) is 0.869. The van der Waals surface area contributed by atoms with E-state index in [1.54, 1.807) is 0 Å². The van der Waals surface area contributed by atoms with Crippen LogP contribution in [0.15, 0.2) is 0 Å². The summed E-state index contributed by atoms with van der Waals surface area (Å²) in [6.45, 7) is 2.84. The second kappa shape index (κ2) is 6.38. The number of ether oxygens (including phenoxy) is 2. The van der Waals surface area contributed by atoms with E-state index in [9.17, 15) is 9.59 Å². The van der Waals surface area contributed by atoms with Crippen LogP contribution in [0.25, 0.3) is 0 Å². The average Bonchev–Trinajstić information content (AvgIpc) is 3.13. The zero-order valence-corrected chi connectivity index (χ0v) is 13.8. The highest BCUT2D eigenvalue weighted by Crippen LogP contribution is 2.40. The van der Waals surface area contributed by atoms with Crippen molar-refractivity contribution in [2.45, 2.75) is 45.1 Å². The van der Waals surface area contributed by atoms with Gasteiger partial charge in [-0.25, -0.2) is 4.79 Å². The maximum Gasteiger partial charge on any atom is 0.341 e. The predicted octanol–water partition coefficient (Wildman–Crippen LogP) is 2.78. The van der Waals surface area contributed by atoms with E-state index in [1.165, 1.54) is 23.3 Å². The van der Waals surface area contributed by atoms with Crippen molar-refractivity contribution in [2.24, 2.45) is 5.92 Å². The second-order valence-corrected chi connectivity index (χ2v) is 7.14. The first kappa shape index (κ1) is 15.5. The molecular formula is C16H21NO4S. The van der Waals surface area contributed by atoms with Gasteiger partial charge in [-0.1, -0.05) is 6.92 Å². The van der Waals surface area contributed by atoms with Gasteiger partial charge in [0.15, 0.2) is 0 Å². The maximum absolute atomic E-state index is 12.3. The lowest BCUT2D eigenvalue weighted by Crippen LogP contribution is -2.27. The summed E-state index contributed by atoms with van der Waals surface area (Å²) >= 11 is 1.51. The number of carbonyl (C=O) groups is 2. The highest BCUT2D eigenvalue weighted by atomic mass is 32.1. The van der Waals surface area contributed by atoms with Gasteiger partial charge in [0.05, 0.1) is 12.7 Å². The number of methoxy groups -OCH3 is 1. The van der Waals surface area contributed by atoms with E-state index < -0.39 is 6.10 Å². The zero-order chi connectivity index (χ0) is 15.7. The highest BCUT2D eigenvalue weighted by molar-refractivity contribution is 7.17. The van der Waals surface area contributed by atoms with E-state index in [4.69, 9.17) is 9.47 Å². The number of esters is 1. The summed E-state index contributed by atoms with van der Waals surface area (Å²) in [6.07, 6.45) is 4.13. The number of hydrogen-bond acceptors (Lipinski definition) is 5. The first-order chi connectivity index (χ1) is 10.6. The lowest BCUT2D eigenvalue weighted by atomic mass is 9.88. The number of nitrogens with one attached hydrogen (secondary N) is 1. The van der Waals surface area contributed by atoms with Gasteiger partial charge in [-0.05, 0) is 43.6 Å². The van der Waals surface area contributed by atoms with Gasteiger partial charge < -0.3 is 14.8 Å². The van der Waals surface area contributed by atoms with Crippen LogP contribution in [0.4, 0.5) is 5.00 Å². The van der Waals surface area contributed by atoms with Gasteiger partial charge in [0, 0.05) is 11.5 Å². The van der Waals surface area contributed by atoms with Crippen LogP contribution in [-0.4, -0.2) is 31.7 Å². The number of anilines is 1. The lowest BCUT2D eigenvalue weighted by molar-refractivity contribution is -0.124. The van der Waals surface area contributed by atoms with E-state index in [0.29, 0.717) is 23.1 Å². The number of thiophene rings is 1. The Morgan fingerprint density at radius 2 is 2.18 bits per heavy atom. The molecule has 0 bridgehead atoms. The van der Waals surface area contributed by atoms with Gasteiger partial charge >= 0.3 is 5.97 Å². The van der Waals surface area contributed by atoms with Crippen LogP contribution >= 0.6 is 11.3 Å². The van der Waals surface area contributed by atoms with Crippen LogP contribution < -0.4 is 5.32 Å². The molecule has 2 aliphatic rings. The Kier molecular flexibility index (Phi) is 4.49. The minimum Gasteiger partial charge on any atom is -0.465 e. The fraction of sp³-hybridized carbons (Fsp3) is 0.625. The second-order valence-electron chi connectivity index (χ2n) is 6.04. The first-order valence-electron chi connectivity index (χ1n) is 7.75. The highest BCUT2D eigenvalue weighted by Gasteiger charge is 2.31. The standard InChI is InChI=1S/C16H21NO4S/c1-9-5-6-10-12(8-9)22-15(13(10)16(19)20-2)17-14(18)11-4-3-7-21-11/h9,11H,3-8H2,1-2H3,(H,17,18). The molecule has 1 aliphatic carbocycles. The molecule has 2 heterocycles. The molecule has 0 radical (unpaired) electrons. The summed E-state index contributed by atoms with van der Waals surface area (Å²) in [7, 11) is 1.38. The third-order valence-electron chi connectivity index (χ3n) is 4.36. The smallest absolute Gasteiger partial charge is 0.341 e. The summed E-state index contributed by atoms with van der Waals surface area (Å²) < 4.78 is 10.3. The number of carbonyl (C=O) groups excluding carboxylic acids is 2. The summed E-state index contributed by atoms with van der Waals surface area (Å²) in [5.74, 6) is 0.0855. The minimum atomic E-state index is -0.399. The molecule has 1 fully saturated rings. The number of fused-ring (bicyclic) bond motifs is 1. The van der Waals surface area contributed by atoms with Gasteiger partial charge in [-0.15, -0.1) is 11.3 Å². The average molecular weight is 323 g/mol. The van der Waals surface area contributed by atoms with E-state index in [1.807, 2.05) is 0 Å². The number of rotatable bonds is 3. The van der Waals surface area contributed by atoms with Crippen LogP contribution in [-0.2, 0) is 27.1 Å². The predicted molar refractivity (Wildman–Crippen MR) is 84.5 cm³/mol. The molecule has 5 nitrogen and oxygen atoms in total. The Balaban J connectivity index is 1.89. The largest absolute Gasteiger partial charge is 0.465 e. The van der Waals surface area contributed by atoms with Crippen molar-refractivity contribution in [3.05, 3.63) is 16.0 Å². The molecular weight excluding hydrogens is 302 g/mol. The van der Waals surface area contributed by atoms with Gasteiger partial charge in [0.1, 0.15) is 11.1 Å². The fourth-order valence-electron chi connectivity index (χ4n) is 3.13. The molecule has 6 heteroatoms. The normalized spacial score (nSPS) is 23.9. The van der Waals surface area contributed by atoms with Crippen LogP contribution in [0.2, 0.25) is 0 Å². The fourth-order valence-corrected chi connectivity index (χ4v) is 4.54. The van der Waals surface area contributed by atoms with E-state index in [2.05, 4.69) is 12.2 Å². The lowest BCUT2D eigenvalue weighted by Gasteiger charge is -2.18. The van der Waals surface area contributed by atoms with Crippen molar-refractivity contribution in [2.75, 3.05) is 19.0 Å². The van der Waals surface area contributed by atoms with E-state index in [0.717, 1.165) is 37.7 Å². The van der Waals surface area contributed by atoms with Crippen LogP contribution in [0.1, 0.15) is 47.0 Å². The molecule has 1 N–H and O–H groups in total. The number of hydrogen-bond donors (Lipinski definition) is 1. The Morgan fingerprint density at radius 3 is 2.86 bits per heavy atom. The van der Waals surface area contributed by atoms with Crippen LogP contribution in [0.3, 0.4) is 0 Å². The van der Waals surface area contributed by atoms with Crippen molar-refractivity contribution < 1.29 is 19.1 Å². The molecule has 1 aromatic heterocycles. The van der Waals surface area contributed by atoms with Crippen molar-refractivity contribution in [3.63, 3.8) is 0 Å². The van der Waals surface area contributed by atoms with E-state index in [-0.39, 0.29) is 11.9 Å². The molecule has 120 valence electrons. The summed E-state index contributed by atoms with van der Waals surface area (Å²) in [5.41, 5.74) is 1.60. The summed E-state index contributed by atoms with van der Waals surface area (Å²) in [6, 6.07) is 0. The molecule has 2 unspecified atom stereocenters. The Morgan fingerprint density at radius 1 is 1.36 bits per heavy atom. The van der Waals surface area contributed by atoms with E-state index >= 15 is 0 Å².